The molecule has 0 aliphatic heterocycles. The van der Waals surface area contributed by atoms with Crippen molar-refractivity contribution in [2.24, 2.45) is 5.73 Å². The molecule has 0 spiro atoms. The summed E-state index contributed by atoms with van der Waals surface area (Å²) in [5, 5.41) is 7.09. The third-order valence-corrected chi connectivity index (χ3v) is 3.37. The van der Waals surface area contributed by atoms with E-state index in [0.717, 1.165) is 6.07 Å². The van der Waals surface area contributed by atoms with E-state index in [0.29, 0.717) is 10.7 Å². The summed E-state index contributed by atoms with van der Waals surface area (Å²) in [5.41, 5.74) is 5.95. The molecule has 0 unspecified atom stereocenters. The second kappa shape index (κ2) is 6.42. The lowest BCUT2D eigenvalue weighted by molar-refractivity contribution is -0.114. The van der Waals surface area contributed by atoms with Gasteiger partial charge in [0.2, 0.25) is 5.91 Å². The number of aromatic nitrogens is 1. The lowest BCUT2D eigenvalue weighted by Crippen LogP contribution is -2.14. The second-order valence-corrected chi connectivity index (χ2v) is 5.10. The zero-order valence-corrected chi connectivity index (χ0v) is 12.0. The number of nitrogens with zero attached hydrogens (tertiary/aromatic N) is 1. The molecular weight excluding hydrogens is 295 g/mol. The number of hydrogen-bond donors (Lipinski definition) is 3. The molecule has 0 atom stereocenters. The van der Waals surface area contributed by atoms with E-state index in [1.807, 2.05) is 0 Å². The van der Waals surface area contributed by atoms with Crippen LogP contribution in [0.5, 0.6) is 0 Å². The number of nitrogens with two attached hydrogens (primary N) is 1. The Kier molecular flexibility index (Phi) is 4.61. The molecular formula is C13H13FN4O2S. The quantitative estimate of drug-likeness (QED) is 0.804. The Balaban J connectivity index is 2.17. The predicted octanol–water partition coefficient (Wildman–Crippen LogP) is 1.95. The molecule has 0 saturated heterocycles. The average Bonchev–Trinajstić information content (AvgIpc) is 2.91. The van der Waals surface area contributed by atoms with Gasteiger partial charge >= 0.3 is 0 Å². The highest BCUT2D eigenvalue weighted by atomic mass is 32.1. The van der Waals surface area contributed by atoms with Crippen LogP contribution in [0.15, 0.2) is 23.6 Å². The Labute approximate surface area is 124 Å². The standard InChI is InChI=1S/C13H13FN4O2S/c1-7(19)16-8-2-3-9(14)10(4-8)18-13(20)11-6-21-12(5-15)17-11/h2-4,6H,5,15H2,1H3,(H,16,19)(H,18,20). The summed E-state index contributed by atoms with van der Waals surface area (Å²) in [6.45, 7) is 1.58. The normalized spacial score (nSPS) is 10.2. The number of benzene rings is 1. The molecule has 8 heteroatoms. The number of rotatable bonds is 4. The van der Waals surface area contributed by atoms with Gasteiger partial charge in [-0.2, -0.15) is 0 Å². The van der Waals surface area contributed by atoms with Gasteiger partial charge in [-0.3, -0.25) is 9.59 Å². The molecule has 0 aliphatic rings. The third-order valence-electron chi connectivity index (χ3n) is 2.49. The average molecular weight is 308 g/mol. The van der Waals surface area contributed by atoms with Crippen LogP contribution >= 0.6 is 11.3 Å². The van der Waals surface area contributed by atoms with E-state index in [2.05, 4.69) is 15.6 Å². The summed E-state index contributed by atoms with van der Waals surface area (Å²) in [4.78, 5) is 27.0. The largest absolute Gasteiger partial charge is 0.326 e. The number of amides is 2. The van der Waals surface area contributed by atoms with Crippen molar-refractivity contribution in [3.8, 4) is 0 Å². The molecule has 0 radical (unpaired) electrons. The van der Waals surface area contributed by atoms with Crippen molar-refractivity contribution in [2.75, 3.05) is 10.6 Å². The molecule has 4 N–H and O–H groups in total. The minimum Gasteiger partial charge on any atom is -0.326 e. The summed E-state index contributed by atoms with van der Waals surface area (Å²) in [6, 6.07) is 3.90. The molecule has 2 rings (SSSR count). The fourth-order valence-corrected chi connectivity index (χ4v) is 2.25. The molecule has 2 amide bonds. The number of thiazole rings is 1. The number of hydrogen-bond acceptors (Lipinski definition) is 5. The van der Waals surface area contributed by atoms with E-state index in [4.69, 9.17) is 5.73 Å². The first kappa shape index (κ1) is 15.1. The Bertz CT molecular complexity index is 687. The Morgan fingerprint density at radius 2 is 2.14 bits per heavy atom. The van der Waals surface area contributed by atoms with Crippen molar-refractivity contribution in [2.45, 2.75) is 13.5 Å². The SMILES string of the molecule is CC(=O)Nc1ccc(F)c(NC(=O)c2csc(CN)n2)c1. The minimum absolute atomic E-state index is 0.0338. The van der Waals surface area contributed by atoms with Crippen molar-refractivity contribution >= 4 is 34.5 Å². The van der Waals surface area contributed by atoms with Crippen LogP contribution in [-0.2, 0) is 11.3 Å². The molecule has 0 aliphatic carbocycles. The molecule has 6 nitrogen and oxygen atoms in total. The molecule has 1 aromatic carbocycles. The van der Waals surface area contributed by atoms with Crippen molar-refractivity contribution in [1.82, 2.24) is 4.98 Å². The first-order chi connectivity index (χ1) is 9.99. The highest BCUT2D eigenvalue weighted by molar-refractivity contribution is 7.09. The molecule has 2 aromatic rings. The van der Waals surface area contributed by atoms with Crippen LogP contribution in [0.2, 0.25) is 0 Å². The van der Waals surface area contributed by atoms with Gasteiger partial charge < -0.3 is 16.4 Å². The van der Waals surface area contributed by atoms with Gasteiger partial charge in [-0.1, -0.05) is 0 Å². The first-order valence-corrected chi connectivity index (χ1v) is 6.90. The number of nitrogens with one attached hydrogen (secondary N) is 2. The van der Waals surface area contributed by atoms with Gasteiger partial charge in [-0.05, 0) is 18.2 Å². The maximum Gasteiger partial charge on any atom is 0.275 e. The molecule has 1 aromatic heterocycles. The van der Waals surface area contributed by atoms with E-state index in [1.54, 1.807) is 5.38 Å². The summed E-state index contributed by atoms with van der Waals surface area (Å²) >= 11 is 1.26. The molecule has 0 bridgehead atoms. The zero-order valence-electron chi connectivity index (χ0n) is 11.1. The van der Waals surface area contributed by atoms with E-state index in [9.17, 15) is 14.0 Å². The van der Waals surface area contributed by atoms with Crippen LogP contribution in [0.4, 0.5) is 15.8 Å². The van der Waals surface area contributed by atoms with Crippen molar-refractivity contribution < 1.29 is 14.0 Å². The Morgan fingerprint density at radius 1 is 1.38 bits per heavy atom. The molecule has 0 saturated carbocycles. The maximum atomic E-state index is 13.7. The van der Waals surface area contributed by atoms with Gasteiger partial charge in [0.1, 0.15) is 16.5 Å². The van der Waals surface area contributed by atoms with Crippen LogP contribution in [0.25, 0.3) is 0 Å². The van der Waals surface area contributed by atoms with Gasteiger partial charge in [0.05, 0.1) is 5.69 Å². The van der Waals surface area contributed by atoms with Crippen LogP contribution in [0.1, 0.15) is 22.4 Å². The van der Waals surface area contributed by atoms with Crippen molar-refractivity contribution in [3.05, 3.63) is 40.1 Å². The van der Waals surface area contributed by atoms with E-state index >= 15 is 0 Å². The highest BCUT2D eigenvalue weighted by Gasteiger charge is 2.13. The van der Waals surface area contributed by atoms with E-state index < -0.39 is 11.7 Å². The van der Waals surface area contributed by atoms with Gasteiger partial charge in [0.15, 0.2) is 0 Å². The summed E-state index contributed by atoms with van der Waals surface area (Å²) in [6.07, 6.45) is 0. The lowest BCUT2D eigenvalue weighted by atomic mass is 10.2. The summed E-state index contributed by atoms with van der Waals surface area (Å²) < 4.78 is 13.7. The third kappa shape index (κ3) is 3.83. The van der Waals surface area contributed by atoms with Crippen LogP contribution in [0, 0.1) is 5.82 Å². The fourth-order valence-electron chi connectivity index (χ4n) is 1.60. The number of carbonyl (C=O) groups excluding carboxylic acids is 2. The summed E-state index contributed by atoms with van der Waals surface area (Å²) in [7, 11) is 0. The van der Waals surface area contributed by atoms with Crippen LogP contribution in [0.3, 0.4) is 0 Å². The van der Waals surface area contributed by atoms with Crippen LogP contribution in [-0.4, -0.2) is 16.8 Å². The number of carbonyl (C=O) groups is 2. The Morgan fingerprint density at radius 3 is 2.76 bits per heavy atom. The first-order valence-electron chi connectivity index (χ1n) is 6.02. The zero-order chi connectivity index (χ0) is 15.4. The van der Waals surface area contributed by atoms with E-state index in [1.165, 1.54) is 30.4 Å². The van der Waals surface area contributed by atoms with E-state index in [-0.39, 0.29) is 23.8 Å². The van der Waals surface area contributed by atoms with Gasteiger partial charge in [0, 0.05) is 24.5 Å². The molecule has 1 heterocycles. The topological polar surface area (TPSA) is 97.1 Å². The second-order valence-electron chi connectivity index (χ2n) is 4.16. The van der Waals surface area contributed by atoms with Gasteiger partial charge in [0.25, 0.3) is 5.91 Å². The number of anilines is 2. The predicted molar refractivity (Wildman–Crippen MR) is 78.7 cm³/mol. The highest BCUT2D eigenvalue weighted by Crippen LogP contribution is 2.20. The molecule has 110 valence electrons. The Hall–Kier alpha value is -2.32. The monoisotopic (exact) mass is 308 g/mol. The fraction of sp³-hybridized carbons (Fsp3) is 0.154. The maximum absolute atomic E-state index is 13.7. The number of halogens is 1. The lowest BCUT2D eigenvalue weighted by Gasteiger charge is -2.08. The van der Waals surface area contributed by atoms with Crippen LogP contribution < -0.4 is 16.4 Å². The minimum atomic E-state index is -0.605. The van der Waals surface area contributed by atoms with Crippen molar-refractivity contribution in [3.63, 3.8) is 0 Å². The van der Waals surface area contributed by atoms with Gasteiger partial charge in [-0.25, -0.2) is 9.37 Å². The molecule has 21 heavy (non-hydrogen) atoms. The van der Waals surface area contributed by atoms with Crippen molar-refractivity contribution in [1.29, 1.82) is 0 Å². The smallest absolute Gasteiger partial charge is 0.275 e. The summed E-state index contributed by atoms with van der Waals surface area (Å²) in [5.74, 6) is -1.43. The van der Waals surface area contributed by atoms with Gasteiger partial charge in [-0.15, -0.1) is 11.3 Å². The molecule has 0 fully saturated rings.